The van der Waals surface area contributed by atoms with Gasteiger partial charge in [-0.2, -0.15) is 4.98 Å². The number of nitrogens with zero attached hydrogens (tertiary/aromatic N) is 2. The summed E-state index contributed by atoms with van der Waals surface area (Å²) < 4.78 is 5.79. The van der Waals surface area contributed by atoms with E-state index in [1.165, 1.54) is 11.8 Å². The van der Waals surface area contributed by atoms with Crippen molar-refractivity contribution in [2.75, 3.05) is 5.73 Å². The Morgan fingerprint density at radius 1 is 1.26 bits per heavy atom. The molecule has 100 valence electrons. The highest BCUT2D eigenvalue weighted by molar-refractivity contribution is 6.28. The van der Waals surface area contributed by atoms with Crippen LogP contribution in [0.25, 0.3) is 0 Å². The Labute approximate surface area is 117 Å². The third kappa shape index (κ3) is 2.96. The number of anilines is 1. The Hall–Kier alpha value is -1.81. The van der Waals surface area contributed by atoms with Crippen LogP contribution in [0.4, 0.5) is 5.69 Å². The van der Waals surface area contributed by atoms with Gasteiger partial charge in [-0.3, -0.25) is 0 Å². The van der Waals surface area contributed by atoms with Gasteiger partial charge in [-0.05, 0) is 48.6 Å². The molecule has 0 spiro atoms. The van der Waals surface area contributed by atoms with Gasteiger partial charge in [0.25, 0.3) is 0 Å². The third-order valence-electron chi connectivity index (χ3n) is 2.88. The highest BCUT2D eigenvalue weighted by Crippen LogP contribution is 2.31. The largest absolute Gasteiger partial charge is 0.436 e. The van der Waals surface area contributed by atoms with Gasteiger partial charge in [-0.25, -0.2) is 4.98 Å². The highest BCUT2D eigenvalue weighted by atomic mass is 35.5. The zero-order valence-corrected chi connectivity index (χ0v) is 12.0. The minimum Gasteiger partial charge on any atom is -0.436 e. The molecule has 0 unspecified atom stereocenters. The molecule has 0 aliphatic rings. The summed E-state index contributed by atoms with van der Waals surface area (Å²) in [4.78, 5) is 7.80. The van der Waals surface area contributed by atoms with Gasteiger partial charge in [0.2, 0.25) is 11.2 Å². The van der Waals surface area contributed by atoms with E-state index in [0.29, 0.717) is 5.69 Å². The first kappa shape index (κ1) is 13.6. The van der Waals surface area contributed by atoms with Gasteiger partial charge in [-0.1, -0.05) is 19.1 Å². The van der Waals surface area contributed by atoms with Crippen LogP contribution in [0.1, 0.15) is 23.6 Å². The number of ether oxygens (including phenoxy) is 1. The number of nitrogen functional groups attached to an aromatic ring is 1. The lowest BCUT2D eigenvalue weighted by atomic mass is 10.0. The lowest BCUT2D eigenvalue weighted by Crippen LogP contribution is -2.00. The molecule has 5 heteroatoms. The van der Waals surface area contributed by atoms with Crippen LogP contribution in [-0.2, 0) is 6.42 Å². The molecule has 1 aromatic heterocycles. The van der Waals surface area contributed by atoms with Gasteiger partial charge in [-0.15, -0.1) is 0 Å². The van der Waals surface area contributed by atoms with Crippen molar-refractivity contribution in [1.29, 1.82) is 0 Å². The van der Waals surface area contributed by atoms with Crippen molar-refractivity contribution in [2.24, 2.45) is 0 Å². The van der Waals surface area contributed by atoms with Crippen LogP contribution < -0.4 is 10.5 Å². The molecule has 1 heterocycles. The highest BCUT2D eigenvalue weighted by Gasteiger charge is 2.11. The summed E-state index contributed by atoms with van der Waals surface area (Å²) in [5.74, 6) is 1.05. The number of nitrogens with two attached hydrogens (primary N) is 1. The van der Waals surface area contributed by atoms with Crippen LogP contribution in [0.2, 0.25) is 5.28 Å². The van der Waals surface area contributed by atoms with Gasteiger partial charge in [0, 0.05) is 0 Å². The minimum atomic E-state index is 0.115. The van der Waals surface area contributed by atoms with Gasteiger partial charge >= 0.3 is 0 Å². The molecular weight excluding hydrogens is 262 g/mol. The molecule has 4 nitrogen and oxygen atoms in total. The fourth-order valence-corrected chi connectivity index (χ4v) is 2.06. The molecule has 2 rings (SSSR count). The molecule has 0 saturated carbocycles. The lowest BCUT2D eigenvalue weighted by molar-refractivity contribution is 0.457. The Balaban J connectivity index is 2.41. The van der Waals surface area contributed by atoms with Gasteiger partial charge in [0.1, 0.15) is 11.4 Å². The van der Waals surface area contributed by atoms with E-state index in [0.717, 1.165) is 23.3 Å². The SMILES string of the molecule is CCc1cc(C)c(Oc2nc(Cl)ncc2N)c(C)c1. The fraction of sp³-hybridized carbons (Fsp3) is 0.286. The van der Waals surface area contributed by atoms with Crippen LogP contribution >= 0.6 is 11.6 Å². The topological polar surface area (TPSA) is 61.0 Å². The van der Waals surface area contributed by atoms with Gasteiger partial charge in [0.15, 0.2) is 0 Å². The first-order valence-electron chi connectivity index (χ1n) is 6.07. The zero-order chi connectivity index (χ0) is 14.0. The van der Waals surface area contributed by atoms with Crippen molar-refractivity contribution in [3.05, 3.63) is 40.3 Å². The van der Waals surface area contributed by atoms with Crippen LogP contribution in [0.15, 0.2) is 18.3 Å². The first-order valence-corrected chi connectivity index (χ1v) is 6.45. The second-order valence-electron chi connectivity index (χ2n) is 4.41. The monoisotopic (exact) mass is 277 g/mol. The third-order valence-corrected chi connectivity index (χ3v) is 3.06. The number of hydrogen-bond donors (Lipinski definition) is 1. The van der Waals surface area contributed by atoms with E-state index in [2.05, 4.69) is 29.0 Å². The van der Waals surface area contributed by atoms with E-state index in [1.54, 1.807) is 0 Å². The van der Waals surface area contributed by atoms with Crippen molar-refractivity contribution in [3.8, 4) is 11.6 Å². The second kappa shape index (κ2) is 5.45. The van der Waals surface area contributed by atoms with E-state index < -0.39 is 0 Å². The lowest BCUT2D eigenvalue weighted by Gasteiger charge is -2.13. The summed E-state index contributed by atoms with van der Waals surface area (Å²) >= 11 is 5.75. The maximum absolute atomic E-state index is 5.79. The number of aryl methyl sites for hydroxylation is 3. The number of aromatic nitrogens is 2. The van der Waals surface area contributed by atoms with Gasteiger partial charge < -0.3 is 10.5 Å². The van der Waals surface area contributed by atoms with Crippen molar-refractivity contribution < 1.29 is 4.74 Å². The fourth-order valence-electron chi connectivity index (χ4n) is 1.94. The molecule has 0 atom stereocenters. The van der Waals surface area contributed by atoms with E-state index in [1.807, 2.05) is 13.8 Å². The summed E-state index contributed by atoms with van der Waals surface area (Å²) in [5, 5.41) is 0.115. The number of halogens is 1. The van der Waals surface area contributed by atoms with Crippen LogP contribution in [0, 0.1) is 13.8 Å². The molecule has 1 aromatic carbocycles. The molecule has 19 heavy (non-hydrogen) atoms. The average molecular weight is 278 g/mol. The summed E-state index contributed by atoms with van der Waals surface area (Å²) in [6.45, 7) is 6.12. The molecule has 0 saturated heterocycles. The van der Waals surface area contributed by atoms with Crippen molar-refractivity contribution in [2.45, 2.75) is 27.2 Å². The average Bonchev–Trinajstić information content (AvgIpc) is 2.37. The summed E-state index contributed by atoms with van der Waals surface area (Å²) in [6.07, 6.45) is 2.43. The van der Waals surface area contributed by atoms with Crippen molar-refractivity contribution in [1.82, 2.24) is 9.97 Å². The van der Waals surface area contributed by atoms with Crippen LogP contribution in [-0.4, -0.2) is 9.97 Å². The Kier molecular flexibility index (Phi) is 3.90. The molecule has 0 amide bonds. The zero-order valence-electron chi connectivity index (χ0n) is 11.2. The van der Waals surface area contributed by atoms with Crippen LogP contribution in [0.5, 0.6) is 11.6 Å². The van der Waals surface area contributed by atoms with Crippen LogP contribution in [0.3, 0.4) is 0 Å². The molecule has 0 bridgehead atoms. The number of hydrogen-bond acceptors (Lipinski definition) is 4. The Morgan fingerprint density at radius 2 is 1.89 bits per heavy atom. The summed E-state index contributed by atoms with van der Waals surface area (Å²) in [5.41, 5.74) is 9.52. The molecule has 2 N–H and O–H groups in total. The number of rotatable bonds is 3. The maximum Gasteiger partial charge on any atom is 0.247 e. The van der Waals surface area contributed by atoms with Gasteiger partial charge in [0.05, 0.1) is 6.20 Å². The van der Waals surface area contributed by atoms with E-state index in [9.17, 15) is 0 Å². The minimum absolute atomic E-state index is 0.115. The first-order chi connectivity index (χ1) is 9.01. The van der Waals surface area contributed by atoms with E-state index >= 15 is 0 Å². The second-order valence-corrected chi connectivity index (χ2v) is 4.75. The quantitative estimate of drug-likeness (QED) is 0.869. The Morgan fingerprint density at radius 3 is 2.47 bits per heavy atom. The molecule has 0 fully saturated rings. The summed E-state index contributed by atoms with van der Waals surface area (Å²) in [7, 11) is 0. The smallest absolute Gasteiger partial charge is 0.247 e. The van der Waals surface area contributed by atoms with Crippen molar-refractivity contribution in [3.63, 3.8) is 0 Å². The molecule has 0 radical (unpaired) electrons. The molecular formula is C14H16ClN3O. The van der Waals surface area contributed by atoms with E-state index in [4.69, 9.17) is 22.1 Å². The van der Waals surface area contributed by atoms with Crippen molar-refractivity contribution >= 4 is 17.3 Å². The standard InChI is InChI=1S/C14H16ClN3O/c1-4-10-5-8(2)12(9(3)6-10)19-13-11(16)7-17-14(15)18-13/h5-7H,4,16H2,1-3H3. The normalized spacial score (nSPS) is 10.5. The molecule has 0 aliphatic carbocycles. The predicted octanol–water partition coefficient (Wildman–Crippen LogP) is 3.68. The number of benzene rings is 1. The van der Waals surface area contributed by atoms with E-state index in [-0.39, 0.29) is 11.2 Å². The molecule has 0 aliphatic heterocycles. The maximum atomic E-state index is 5.79. The molecule has 2 aromatic rings. The predicted molar refractivity (Wildman–Crippen MR) is 76.8 cm³/mol. The Bertz CT molecular complexity index is 591. The summed E-state index contributed by atoms with van der Waals surface area (Å²) in [6, 6.07) is 4.20.